The van der Waals surface area contributed by atoms with Crippen LogP contribution in [0.1, 0.15) is 13.8 Å². The van der Waals surface area contributed by atoms with Crippen molar-refractivity contribution in [3.63, 3.8) is 0 Å². The molecule has 0 atom stereocenters. The summed E-state index contributed by atoms with van der Waals surface area (Å²) < 4.78 is 22.0. The van der Waals surface area contributed by atoms with Crippen LogP contribution in [0.4, 0.5) is 0 Å². The lowest BCUT2D eigenvalue weighted by atomic mass is 10.7. The summed E-state index contributed by atoms with van der Waals surface area (Å²) in [5.41, 5.74) is 2.12. The molecule has 0 aromatic carbocycles. The number of hydrogen-bond acceptors (Lipinski definition) is 5. The molecule has 0 bridgehead atoms. The minimum absolute atomic E-state index is 0.0328. The summed E-state index contributed by atoms with van der Waals surface area (Å²) in [5, 5.41) is 9.75. The van der Waals surface area contributed by atoms with Crippen LogP contribution in [0, 0.1) is 5.41 Å². The quantitative estimate of drug-likeness (QED) is 0.166. The number of nitrogens with one attached hydrogen (secondary N) is 3. The van der Waals surface area contributed by atoms with E-state index >= 15 is 0 Å². The van der Waals surface area contributed by atoms with Crippen LogP contribution < -0.4 is 16.6 Å². The number of hydrogen-bond donors (Lipinski definition) is 4. The first-order valence-electron chi connectivity index (χ1n) is 4.75. The molecule has 0 amide bonds. The zero-order valence-electron chi connectivity index (χ0n) is 9.08. The van der Waals surface area contributed by atoms with Crippen molar-refractivity contribution in [2.24, 2.45) is 5.84 Å². The molecule has 0 radical (unpaired) electrons. The summed E-state index contributed by atoms with van der Waals surface area (Å²) >= 11 is 0. The first-order chi connectivity index (χ1) is 7.08. The molecule has 5 N–H and O–H groups in total. The van der Waals surface area contributed by atoms with Gasteiger partial charge in [-0.3, -0.25) is 15.4 Å². The molecule has 0 fully saturated rings. The summed E-state index contributed by atoms with van der Waals surface area (Å²) in [6, 6.07) is 0. The third-order valence-electron chi connectivity index (χ3n) is 1.48. The highest BCUT2D eigenvalue weighted by molar-refractivity contribution is 7.53. The predicted molar refractivity (Wildman–Crippen MR) is 58.8 cm³/mol. The van der Waals surface area contributed by atoms with Gasteiger partial charge in [0.05, 0.1) is 19.4 Å². The van der Waals surface area contributed by atoms with Gasteiger partial charge in [0.25, 0.3) is 0 Å². The predicted octanol–water partition coefficient (Wildman–Crippen LogP) is 0.240. The molecule has 7 nitrogen and oxygen atoms in total. The van der Waals surface area contributed by atoms with Gasteiger partial charge in [0.1, 0.15) is 0 Å². The monoisotopic (exact) mass is 238 g/mol. The fourth-order valence-corrected chi connectivity index (χ4v) is 2.43. The Morgan fingerprint density at radius 3 is 2.33 bits per heavy atom. The highest BCUT2D eigenvalue weighted by Gasteiger charge is 2.22. The van der Waals surface area contributed by atoms with Gasteiger partial charge in [0.2, 0.25) is 5.96 Å². The van der Waals surface area contributed by atoms with Gasteiger partial charge >= 0.3 is 7.60 Å². The lowest BCUT2D eigenvalue weighted by Crippen LogP contribution is -2.41. The van der Waals surface area contributed by atoms with Crippen LogP contribution in [0.2, 0.25) is 0 Å². The fraction of sp³-hybridized carbons (Fsp3) is 0.857. The first kappa shape index (κ1) is 14.4. The van der Waals surface area contributed by atoms with Crippen molar-refractivity contribution in [1.29, 1.82) is 5.41 Å². The minimum atomic E-state index is -3.01. The maximum atomic E-state index is 11.9. The van der Waals surface area contributed by atoms with Crippen LogP contribution in [-0.2, 0) is 13.6 Å². The van der Waals surface area contributed by atoms with Crippen LogP contribution in [0.3, 0.4) is 0 Å². The fourth-order valence-electron chi connectivity index (χ4n) is 0.929. The van der Waals surface area contributed by atoms with Gasteiger partial charge < -0.3 is 14.4 Å². The minimum Gasteiger partial charge on any atom is -0.355 e. The lowest BCUT2D eigenvalue weighted by molar-refractivity contribution is 0.220. The molecule has 0 saturated heterocycles. The van der Waals surface area contributed by atoms with Crippen molar-refractivity contribution in [3.8, 4) is 0 Å². The molecule has 0 aromatic rings. The van der Waals surface area contributed by atoms with Crippen molar-refractivity contribution in [2.45, 2.75) is 13.8 Å². The molecule has 0 heterocycles. The molecule has 0 saturated carbocycles. The Labute approximate surface area is 89.7 Å². The largest absolute Gasteiger partial charge is 0.355 e. The van der Waals surface area contributed by atoms with Crippen molar-refractivity contribution in [2.75, 3.05) is 25.9 Å². The van der Waals surface area contributed by atoms with Crippen molar-refractivity contribution < 1.29 is 13.6 Å². The van der Waals surface area contributed by atoms with Crippen LogP contribution >= 0.6 is 7.60 Å². The SMILES string of the molecule is CCOP(=O)(CCNC(=N)NN)OCC. The molecular weight excluding hydrogens is 219 g/mol. The lowest BCUT2D eigenvalue weighted by Gasteiger charge is -2.17. The molecule has 0 unspecified atom stereocenters. The van der Waals surface area contributed by atoms with Crippen LogP contribution in [0.15, 0.2) is 0 Å². The maximum Gasteiger partial charge on any atom is 0.332 e. The van der Waals surface area contributed by atoms with E-state index < -0.39 is 7.60 Å². The third-order valence-corrected chi connectivity index (χ3v) is 3.56. The van der Waals surface area contributed by atoms with Gasteiger partial charge in [0, 0.05) is 6.54 Å². The summed E-state index contributed by atoms with van der Waals surface area (Å²) in [6.45, 7) is 4.49. The van der Waals surface area contributed by atoms with E-state index in [-0.39, 0.29) is 12.1 Å². The average Bonchev–Trinajstić information content (AvgIpc) is 2.18. The Balaban J connectivity index is 3.96. The van der Waals surface area contributed by atoms with E-state index in [1.165, 1.54) is 0 Å². The summed E-state index contributed by atoms with van der Waals surface area (Å²) in [4.78, 5) is 0. The standard InChI is InChI=1S/C7H19N4O3P/c1-3-13-15(12,14-4-2)6-5-10-7(8)11-9/h3-6,9H2,1-2H3,(H3,8,10,11). The molecular formula is C7H19N4O3P. The van der Waals surface area contributed by atoms with E-state index in [4.69, 9.17) is 20.3 Å². The van der Waals surface area contributed by atoms with E-state index in [1.54, 1.807) is 13.8 Å². The zero-order valence-corrected chi connectivity index (χ0v) is 9.97. The highest BCUT2D eigenvalue weighted by Crippen LogP contribution is 2.47. The Kier molecular flexibility index (Phi) is 7.33. The van der Waals surface area contributed by atoms with Gasteiger partial charge in [-0.05, 0) is 13.8 Å². The van der Waals surface area contributed by atoms with E-state index in [9.17, 15) is 4.57 Å². The van der Waals surface area contributed by atoms with Gasteiger partial charge in [-0.25, -0.2) is 5.84 Å². The number of nitrogens with two attached hydrogens (primary N) is 1. The molecule has 0 aliphatic heterocycles. The van der Waals surface area contributed by atoms with Crippen LogP contribution in [-0.4, -0.2) is 31.9 Å². The second-order valence-corrected chi connectivity index (χ2v) is 4.80. The molecule has 8 heteroatoms. The molecule has 0 spiro atoms. The van der Waals surface area contributed by atoms with Crippen LogP contribution in [0.25, 0.3) is 0 Å². The van der Waals surface area contributed by atoms with Crippen molar-refractivity contribution in [3.05, 3.63) is 0 Å². The Bertz CT molecular complexity index is 226. The zero-order chi connectivity index (χ0) is 11.7. The second-order valence-electron chi connectivity index (χ2n) is 2.62. The Morgan fingerprint density at radius 1 is 1.40 bits per heavy atom. The number of guanidine groups is 1. The topological polar surface area (TPSA) is 109 Å². The van der Waals surface area contributed by atoms with E-state index in [0.717, 1.165) is 0 Å². The molecule has 15 heavy (non-hydrogen) atoms. The average molecular weight is 238 g/mol. The van der Waals surface area contributed by atoms with Crippen molar-refractivity contribution in [1.82, 2.24) is 10.7 Å². The second kappa shape index (κ2) is 7.64. The van der Waals surface area contributed by atoms with Crippen LogP contribution in [0.5, 0.6) is 0 Å². The van der Waals surface area contributed by atoms with E-state index in [2.05, 4.69) is 10.7 Å². The summed E-state index contributed by atoms with van der Waals surface area (Å²) in [6.07, 6.45) is 0.207. The molecule has 0 rings (SSSR count). The number of hydrazine groups is 1. The smallest absolute Gasteiger partial charge is 0.332 e. The molecule has 0 aromatic heterocycles. The normalized spacial score (nSPS) is 11.1. The van der Waals surface area contributed by atoms with Gasteiger partial charge in [-0.2, -0.15) is 0 Å². The van der Waals surface area contributed by atoms with Gasteiger partial charge in [-0.1, -0.05) is 0 Å². The maximum absolute atomic E-state index is 11.9. The first-order valence-corrected chi connectivity index (χ1v) is 6.48. The molecule has 0 aliphatic rings. The van der Waals surface area contributed by atoms with Gasteiger partial charge in [-0.15, -0.1) is 0 Å². The van der Waals surface area contributed by atoms with E-state index in [1.807, 2.05) is 0 Å². The van der Waals surface area contributed by atoms with Crippen molar-refractivity contribution >= 4 is 13.6 Å². The van der Waals surface area contributed by atoms with Gasteiger partial charge in [0.15, 0.2) is 0 Å². The Hall–Kier alpha value is -0.620. The molecule has 0 aliphatic carbocycles. The number of rotatable bonds is 7. The summed E-state index contributed by atoms with van der Waals surface area (Å²) in [7, 11) is -3.01. The van der Waals surface area contributed by atoms with E-state index in [0.29, 0.717) is 19.8 Å². The summed E-state index contributed by atoms with van der Waals surface area (Å²) in [5.74, 6) is 4.94. The Morgan fingerprint density at radius 2 is 1.93 bits per heavy atom. The molecule has 90 valence electrons. The third kappa shape index (κ3) is 6.46. The highest BCUT2D eigenvalue weighted by atomic mass is 31.2.